The quantitative estimate of drug-likeness (QED) is 0.918. The maximum absolute atomic E-state index is 12.5. The minimum Gasteiger partial charge on any atom is -0.444 e. The molecule has 132 valence electrons. The van der Waals surface area contributed by atoms with Gasteiger partial charge in [-0.25, -0.2) is 4.79 Å². The molecule has 0 spiro atoms. The first-order valence-corrected chi connectivity index (χ1v) is 8.16. The van der Waals surface area contributed by atoms with Crippen molar-refractivity contribution >= 4 is 12.0 Å². The van der Waals surface area contributed by atoms with Gasteiger partial charge >= 0.3 is 6.09 Å². The van der Waals surface area contributed by atoms with Gasteiger partial charge in [-0.15, -0.1) is 0 Å². The lowest BCUT2D eigenvalue weighted by Gasteiger charge is -2.24. The standard InChI is InChI=1S/C18H26N2O4/c1-18(2,3)24-17(22)20-11-10-14(12-20)19-16(21)15(23-4)13-8-6-5-7-9-13/h5-9,14-15H,10-12H2,1-4H3,(H,19,21)/t14-,15+/m1/s1. The van der Waals surface area contributed by atoms with E-state index in [1.807, 2.05) is 51.1 Å². The number of ether oxygens (including phenoxy) is 2. The summed E-state index contributed by atoms with van der Waals surface area (Å²) >= 11 is 0. The lowest BCUT2D eigenvalue weighted by Crippen LogP contribution is -2.42. The summed E-state index contributed by atoms with van der Waals surface area (Å²) in [6.07, 6.45) is -0.289. The maximum Gasteiger partial charge on any atom is 0.410 e. The van der Waals surface area contributed by atoms with Crippen molar-refractivity contribution in [2.24, 2.45) is 0 Å². The Balaban J connectivity index is 1.90. The third-order valence-electron chi connectivity index (χ3n) is 3.76. The van der Waals surface area contributed by atoms with Gasteiger partial charge in [0, 0.05) is 26.2 Å². The van der Waals surface area contributed by atoms with Gasteiger partial charge in [0.2, 0.25) is 0 Å². The Morgan fingerprint density at radius 3 is 2.50 bits per heavy atom. The number of carbonyl (C=O) groups excluding carboxylic acids is 2. The third-order valence-corrected chi connectivity index (χ3v) is 3.76. The molecule has 6 heteroatoms. The smallest absolute Gasteiger partial charge is 0.410 e. The van der Waals surface area contributed by atoms with Crippen molar-refractivity contribution in [1.29, 1.82) is 0 Å². The SMILES string of the molecule is CO[C@H](C(=O)N[C@@H]1CCN(C(=O)OC(C)(C)C)C1)c1ccccc1. The van der Waals surface area contributed by atoms with Gasteiger partial charge in [-0.2, -0.15) is 0 Å². The van der Waals surface area contributed by atoms with Crippen molar-refractivity contribution in [3.8, 4) is 0 Å². The summed E-state index contributed by atoms with van der Waals surface area (Å²) in [6, 6.07) is 9.25. The molecule has 2 rings (SSSR count). The van der Waals surface area contributed by atoms with E-state index in [0.29, 0.717) is 19.5 Å². The summed E-state index contributed by atoms with van der Waals surface area (Å²) in [5.41, 5.74) is 0.284. The summed E-state index contributed by atoms with van der Waals surface area (Å²) in [5, 5.41) is 2.96. The van der Waals surface area contributed by atoms with Crippen LogP contribution in [0.1, 0.15) is 38.9 Å². The number of rotatable bonds is 4. The predicted octanol–water partition coefficient (Wildman–Crippen LogP) is 2.50. The first-order chi connectivity index (χ1) is 11.3. The van der Waals surface area contributed by atoms with Gasteiger partial charge in [0.1, 0.15) is 5.60 Å². The maximum atomic E-state index is 12.5. The summed E-state index contributed by atoms with van der Waals surface area (Å²) in [6.45, 7) is 6.53. The van der Waals surface area contributed by atoms with Crippen molar-refractivity contribution in [3.05, 3.63) is 35.9 Å². The molecule has 0 radical (unpaired) electrons. The Kier molecular flexibility index (Phi) is 5.83. The van der Waals surface area contributed by atoms with Crippen LogP contribution in [0.25, 0.3) is 0 Å². The first-order valence-electron chi connectivity index (χ1n) is 8.16. The van der Waals surface area contributed by atoms with Crippen molar-refractivity contribution in [2.75, 3.05) is 20.2 Å². The summed E-state index contributed by atoms with van der Waals surface area (Å²) in [4.78, 5) is 26.2. The average molecular weight is 334 g/mol. The van der Waals surface area contributed by atoms with Gasteiger partial charge in [0.15, 0.2) is 6.10 Å². The molecule has 1 aliphatic heterocycles. The van der Waals surface area contributed by atoms with Crippen LogP contribution < -0.4 is 5.32 Å². The molecule has 2 atom stereocenters. The number of carbonyl (C=O) groups is 2. The van der Waals surface area contributed by atoms with Crippen LogP contribution in [0, 0.1) is 0 Å². The molecule has 1 aromatic carbocycles. The monoisotopic (exact) mass is 334 g/mol. The second kappa shape index (κ2) is 7.66. The van der Waals surface area contributed by atoms with Crippen LogP contribution in [-0.4, -0.2) is 48.7 Å². The van der Waals surface area contributed by atoms with Crippen LogP contribution in [0.4, 0.5) is 4.79 Å². The Bertz CT molecular complexity index is 568. The van der Waals surface area contributed by atoms with E-state index >= 15 is 0 Å². The zero-order valence-corrected chi connectivity index (χ0v) is 14.7. The second-order valence-corrected chi connectivity index (χ2v) is 6.95. The van der Waals surface area contributed by atoms with Gasteiger partial charge < -0.3 is 19.7 Å². The highest BCUT2D eigenvalue weighted by Crippen LogP contribution is 2.19. The van der Waals surface area contributed by atoms with Crippen molar-refractivity contribution in [2.45, 2.75) is 44.9 Å². The lowest BCUT2D eigenvalue weighted by molar-refractivity contribution is -0.132. The number of nitrogens with zero attached hydrogens (tertiary/aromatic N) is 1. The topological polar surface area (TPSA) is 67.9 Å². The third kappa shape index (κ3) is 4.96. The average Bonchev–Trinajstić information content (AvgIpc) is 2.96. The fourth-order valence-electron chi connectivity index (χ4n) is 2.67. The van der Waals surface area contributed by atoms with E-state index in [1.54, 1.807) is 4.90 Å². The molecule has 0 aliphatic carbocycles. The molecule has 6 nitrogen and oxygen atoms in total. The number of amides is 2. The molecule has 24 heavy (non-hydrogen) atoms. The van der Waals surface area contributed by atoms with Crippen LogP contribution in [0.5, 0.6) is 0 Å². The van der Waals surface area contributed by atoms with E-state index < -0.39 is 11.7 Å². The lowest BCUT2D eigenvalue weighted by atomic mass is 10.1. The van der Waals surface area contributed by atoms with E-state index in [0.717, 1.165) is 5.56 Å². The van der Waals surface area contributed by atoms with Crippen LogP contribution in [0.15, 0.2) is 30.3 Å². The number of nitrogens with one attached hydrogen (secondary N) is 1. The van der Waals surface area contributed by atoms with E-state index in [1.165, 1.54) is 7.11 Å². The molecule has 0 unspecified atom stereocenters. The highest BCUT2D eigenvalue weighted by molar-refractivity contribution is 5.82. The van der Waals surface area contributed by atoms with E-state index in [9.17, 15) is 9.59 Å². The zero-order chi connectivity index (χ0) is 17.7. The molecule has 1 N–H and O–H groups in total. The molecule has 0 bridgehead atoms. The highest BCUT2D eigenvalue weighted by Gasteiger charge is 2.32. The number of methoxy groups -OCH3 is 1. The fraction of sp³-hybridized carbons (Fsp3) is 0.556. The Morgan fingerprint density at radius 2 is 1.92 bits per heavy atom. The largest absolute Gasteiger partial charge is 0.444 e. The number of benzene rings is 1. The predicted molar refractivity (Wildman–Crippen MR) is 90.5 cm³/mol. The van der Waals surface area contributed by atoms with Crippen molar-refractivity contribution in [3.63, 3.8) is 0 Å². The first kappa shape index (κ1) is 18.3. The van der Waals surface area contributed by atoms with Crippen LogP contribution in [-0.2, 0) is 14.3 Å². The fourth-order valence-corrected chi connectivity index (χ4v) is 2.67. The molecular weight excluding hydrogens is 308 g/mol. The van der Waals surface area contributed by atoms with Crippen molar-refractivity contribution in [1.82, 2.24) is 10.2 Å². The molecular formula is C18H26N2O4. The molecule has 1 saturated heterocycles. The van der Waals surface area contributed by atoms with E-state index in [-0.39, 0.29) is 18.0 Å². The Hall–Kier alpha value is -2.08. The number of hydrogen-bond acceptors (Lipinski definition) is 4. The molecule has 1 fully saturated rings. The van der Waals surface area contributed by atoms with Gasteiger partial charge in [-0.05, 0) is 32.8 Å². The van der Waals surface area contributed by atoms with Gasteiger partial charge in [-0.3, -0.25) is 4.79 Å². The molecule has 0 saturated carbocycles. The van der Waals surface area contributed by atoms with Crippen LogP contribution in [0.3, 0.4) is 0 Å². The minimum atomic E-state index is -0.651. The second-order valence-electron chi connectivity index (χ2n) is 6.95. The van der Waals surface area contributed by atoms with Crippen LogP contribution in [0.2, 0.25) is 0 Å². The van der Waals surface area contributed by atoms with Gasteiger partial charge in [-0.1, -0.05) is 30.3 Å². The van der Waals surface area contributed by atoms with Crippen LogP contribution >= 0.6 is 0 Å². The van der Waals surface area contributed by atoms with Crippen molar-refractivity contribution < 1.29 is 19.1 Å². The Labute approximate surface area is 143 Å². The van der Waals surface area contributed by atoms with E-state index in [2.05, 4.69) is 5.32 Å². The summed E-state index contributed by atoms with van der Waals surface area (Å²) < 4.78 is 10.7. The summed E-state index contributed by atoms with van der Waals surface area (Å²) in [5.74, 6) is -0.195. The molecule has 0 aromatic heterocycles. The molecule has 1 aliphatic rings. The van der Waals surface area contributed by atoms with Gasteiger partial charge in [0.05, 0.1) is 0 Å². The van der Waals surface area contributed by atoms with Gasteiger partial charge in [0.25, 0.3) is 5.91 Å². The normalized spacial score (nSPS) is 19.0. The number of hydrogen-bond donors (Lipinski definition) is 1. The Morgan fingerprint density at radius 1 is 1.25 bits per heavy atom. The molecule has 1 aromatic rings. The minimum absolute atomic E-state index is 0.0913. The van der Waals surface area contributed by atoms with E-state index in [4.69, 9.17) is 9.47 Å². The summed E-state index contributed by atoms with van der Waals surface area (Å²) in [7, 11) is 1.51. The molecule has 1 heterocycles. The zero-order valence-electron chi connectivity index (χ0n) is 14.7. The highest BCUT2D eigenvalue weighted by atomic mass is 16.6. The number of likely N-dealkylation sites (tertiary alicyclic amines) is 1. The molecule has 2 amide bonds.